The summed E-state index contributed by atoms with van der Waals surface area (Å²) in [5.74, 6) is -0.232. The summed E-state index contributed by atoms with van der Waals surface area (Å²) in [7, 11) is 0. The van der Waals surface area contributed by atoms with Crippen molar-refractivity contribution in [2.24, 2.45) is 0 Å². The van der Waals surface area contributed by atoms with Crippen molar-refractivity contribution in [3.63, 3.8) is 0 Å². The third kappa shape index (κ3) is 3.94. The molecule has 2 aromatic carbocycles. The zero-order valence-electron chi connectivity index (χ0n) is 17.9. The predicted molar refractivity (Wildman–Crippen MR) is 114 cm³/mol. The standard InChI is InChI=1S/C25H32O3/c1-23(2)13-14-24(3,4)21-15-18(9-12-20(21)23)25(5,6)16-28-19-10-7-17(8-11-19)22(26)27/h7-12,15H,13-14,16H2,1-6H3,(H,26,27). The Bertz CT molecular complexity index is 873. The molecule has 0 atom stereocenters. The third-order valence-electron chi connectivity index (χ3n) is 6.34. The first-order valence-corrected chi connectivity index (χ1v) is 10.0. The molecule has 0 saturated heterocycles. The molecule has 2 aromatic rings. The van der Waals surface area contributed by atoms with Crippen molar-refractivity contribution < 1.29 is 14.6 Å². The number of benzene rings is 2. The molecule has 0 bridgehead atoms. The van der Waals surface area contributed by atoms with Crippen LogP contribution in [0.2, 0.25) is 0 Å². The molecular weight excluding hydrogens is 348 g/mol. The SMILES string of the molecule is CC(C)(COc1ccc(C(=O)O)cc1)c1ccc2c(c1)C(C)(C)CCC2(C)C. The topological polar surface area (TPSA) is 46.5 Å². The van der Waals surface area contributed by atoms with Gasteiger partial charge >= 0.3 is 5.97 Å². The minimum Gasteiger partial charge on any atom is -0.493 e. The Balaban J connectivity index is 1.83. The summed E-state index contributed by atoms with van der Waals surface area (Å²) in [5.41, 5.74) is 4.72. The Morgan fingerprint density at radius 2 is 1.54 bits per heavy atom. The number of carbonyl (C=O) groups is 1. The summed E-state index contributed by atoms with van der Waals surface area (Å²) in [6, 6.07) is 13.5. The Morgan fingerprint density at radius 3 is 2.11 bits per heavy atom. The zero-order chi connectivity index (χ0) is 20.7. The van der Waals surface area contributed by atoms with Crippen LogP contribution >= 0.6 is 0 Å². The summed E-state index contributed by atoms with van der Waals surface area (Å²) in [5, 5.41) is 9.02. The first-order valence-electron chi connectivity index (χ1n) is 10.0. The average Bonchev–Trinajstić information content (AvgIpc) is 2.64. The van der Waals surface area contributed by atoms with E-state index in [0.29, 0.717) is 12.4 Å². The van der Waals surface area contributed by atoms with Crippen LogP contribution in [0.25, 0.3) is 0 Å². The van der Waals surface area contributed by atoms with Crippen LogP contribution < -0.4 is 4.74 Å². The van der Waals surface area contributed by atoms with Crippen molar-refractivity contribution in [1.82, 2.24) is 0 Å². The highest BCUT2D eigenvalue weighted by atomic mass is 16.5. The van der Waals surface area contributed by atoms with Crippen LogP contribution in [-0.2, 0) is 16.2 Å². The first kappa shape index (κ1) is 20.4. The second-order valence-electron chi connectivity index (χ2n) is 10.0. The Morgan fingerprint density at radius 1 is 0.964 bits per heavy atom. The minimum absolute atomic E-state index is 0.155. The van der Waals surface area contributed by atoms with Gasteiger partial charge in [-0.25, -0.2) is 4.79 Å². The maximum Gasteiger partial charge on any atom is 0.335 e. The first-order chi connectivity index (χ1) is 12.9. The van der Waals surface area contributed by atoms with E-state index in [1.165, 1.54) is 29.5 Å². The van der Waals surface area contributed by atoms with E-state index in [2.05, 4.69) is 59.7 Å². The van der Waals surface area contributed by atoms with Gasteiger partial charge in [-0.05, 0) is 64.6 Å². The molecule has 28 heavy (non-hydrogen) atoms. The molecule has 3 heteroatoms. The van der Waals surface area contributed by atoms with E-state index in [0.717, 1.165) is 0 Å². The summed E-state index contributed by atoms with van der Waals surface area (Å²) in [4.78, 5) is 11.0. The highest BCUT2D eigenvalue weighted by Gasteiger charge is 2.38. The zero-order valence-corrected chi connectivity index (χ0v) is 17.9. The minimum atomic E-state index is -0.925. The normalized spacial score (nSPS) is 17.6. The molecule has 1 aliphatic rings. The molecule has 0 unspecified atom stereocenters. The lowest BCUT2D eigenvalue weighted by Gasteiger charge is -2.42. The Hall–Kier alpha value is -2.29. The van der Waals surface area contributed by atoms with Crippen LogP contribution in [0.1, 0.15) is 81.4 Å². The molecule has 0 saturated carbocycles. The lowest BCUT2D eigenvalue weighted by molar-refractivity contribution is 0.0697. The lowest BCUT2D eigenvalue weighted by Crippen LogP contribution is -2.35. The van der Waals surface area contributed by atoms with E-state index in [9.17, 15) is 4.79 Å². The molecule has 3 rings (SSSR count). The van der Waals surface area contributed by atoms with Gasteiger partial charge in [0.25, 0.3) is 0 Å². The molecule has 0 aromatic heterocycles. The maximum atomic E-state index is 11.0. The molecule has 0 fully saturated rings. The third-order valence-corrected chi connectivity index (χ3v) is 6.34. The number of fused-ring (bicyclic) bond motifs is 1. The van der Waals surface area contributed by atoms with E-state index < -0.39 is 5.97 Å². The molecule has 1 aliphatic carbocycles. The van der Waals surface area contributed by atoms with Gasteiger partial charge in [0.05, 0.1) is 12.2 Å². The smallest absolute Gasteiger partial charge is 0.335 e. The van der Waals surface area contributed by atoms with Gasteiger partial charge in [0.15, 0.2) is 0 Å². The van der Waals surface area contributed by atoms with Crippen LogP contribution in [-0.4, -0.2) is 17.7 Å². The molecule has 0 amide bonds. The summed E-state index contributed by atoms with van der Waals surface area (Å²) in [6.45, 7) is 14.3. The highest BCUT2D eigenvalue weighted by molar-refractivity contribution is 5.87. The van der Waals surface area contributed by atoms with Gasteiger partial charge in [-0.2, -0.15) is 0 Å². The average molecular weight is 381 g/mol. The van der Waals surface area contributed by atoms with Crippen molar-refractivity contribution in [3.05, 3.63) is 64.7 Å². The number of rotatable bonds is 5. The van der Waals surface area contributed by atoms with Gasteiger partial charge in [-0.15, -0.1) is 0 Å². The van der Waals surface area contributed by atoms with Gasteiger partial charge in [-0.3, -0.25) is 0 Å². The predicted octanol–water partition coefficient (Wildman–Crippen LogP) is 6.09. The molecule has 1 N–H and O–H groups in total. The molecule has 0 spiro atoms. The number of carboxylic acids is 1. The van der Waals surface area contributed by atoms with E-state index in [4.69, 9.17) is 9.84 Å². The maximum absolute atomic E-state index is 11.0. The number of carboxylic acid groups (broad SMARTS) is 1. The summed E-state index contributed by atoms with van der Waals surface area (Å²) < 4.78 is 6.00. The number of aromatic carboxylic acids is 1. The monoisotopic (exact) mass is 380 g/mol. The van der Waals surface area contributed by atoms with Gasteiger partial charge in [0, 0.05) is 5.41 Å². The van der Waals surface area contributed by atoms with Gasteiger partial charge in [0.1, 0.15) is 5.75 Å². The number of hydrogen-bond acceptors (Lipinski definition) is 2. The van der Waals surface area contributed by atoms with E-state index >= 15 is 0 Å². The quantitative estimate of drug-likeness (QED) is 0.683. The molecule has 0 heterocycles. The van der Waals surface area contributed by atoms with Crippen LogP contribution in [0.4, 0.5) is 0 Å². The van der Waals surface area contributed by atoms with Crippen molar-refractivity contribution in [2.75, 3.05) is 6.61 Å². The van der Waals surface area contributed by atoms with E-state index in [-0.39, 0.29) is 21.8 Å². The van der Waals surface area contributed by atoms with Gasteiger partial charge in [0.2, 0.25) is 0 Å². The van der Waals surface area contributed by atoms with E-state index in [1.807, 2.05) is 0 Å². The fourth-order valence-electron chi connectivity index (χ4n) is 4.05. The van der Waals surface area contributed by atoms with Crippen molar-refractivity contribution >= 4 is 5.97 Å². The second kappa shape index (κ2) is 6.95. The number of ether oxygens (including phenoxy) is 1. The lowest BCUT2D eigenvalue weighted by atomic mass is 9.62. The van der Waals surface area contributed by atoms with Crippen LogP contribution in [0, 0.1) is 0 Å². The second-order valence-corrected chi connectivity index (χ2v) is 10.0. The van der Waals surface area contributed by atoms with Gasteiger partial charge < -0.3 is 9.84 Å². The van der Waals surface area contributed by atoms with E-state index in [1.54, 1.807) is 24.3 Å². The molecular formula is C25H32O3. The van der Waals surface area contributed by atoms with Crippen LogP contribution in [0.3, 0.4) is 0 Å². The Labute approximate surface area is 168 Å². The molecule has 0 radical (unpaired) electrons. The summed E-state index contributed by atoms with van der Waals surface area (Å²) in [6.07, 6.45) is 2.41. The van der Waals surface area contributed by atoms with Crippen molar-refractivity contribution in [2.45, 2.75) is 70.6 Å². The fourth-order valence-corrected chi connectivity index (χ4v) is 4.05. The largest absolute Gasteiger partial charge is 0.493 e. The van der Waals surface area contributed by atoms with Crippen molar-refractivity contribution in [1.29, 1.82) is 0 Å². The molecule has 0 aliphatic heterocycles. The van der Waals surface area contributed by atoms with Crippen LogP contribution in [0.15, 0.2) is 42.5 Å². The van der Waals surface area contributed by atoms with Crippen molar-refractivity contribution in [3.8, 4) is 5.75 Å². The number of hydrogen-bond donors (Lipinski definition) is 1. The highest BCUT2D eigenvalue weighted by Crippen LogP contribution is 2.46. The molecule has 150 valence electrons. The van der Waals surface area contributed by atoms with Crippen LogP contribution in [0.5, 0.6) is 5.75 Å². The summed E-state index contributed by atoms with van der Waals surface area (Å²) >= 11 is 0. The molecule has 3 nitrogen and oxygen atoms in total. The fraction of sp³-hybridized carbons (Fsp3) is 0.480. The van der Waals surface area contributed by atoms with Gasteiger partial charge in [-0.1, -0.05) is 59.7 Å². The Kier molecular flexibility index (Phi) is 5.07.